The smallest absolute Gasteiger partial charge is 0.496 e. The second-order valence-electron chi connectivity index (χ2n) is 6.65. The van der Waals surface area contributed by atoms with E-state index in [0.717, 1.165) is 5.30 Å². The summed E-state index contributed by atoms with van der Waals surface area (Å²) >= 11 is 0. The van der Waals surface area contributed by atoms with Crippen molar-refractivity contribution < 1.29 is 33.1 Å². The Kier molecular flexibility index (Phi) is 8.91. The molecule has 0 aromatic heterocycles. The largest absolute Gasteiger partial charge is 1.00 e. The number of rotatable bonds is 7. The predicted octanol–water partition coefficient (Wildman–Crippen LogP) is 2.10. The minimum atomic E-state index is 0. The summed E-state index contributed by atoms with van der Waals surface area (Å²) in [5, 5.41) is 1.11. The van der Waals surface area contributed by atoms with Crippen molar-refractivity contribution in [2.24, 2.45) is 0 Å². The van der Waals surface area contributed by atoms with Crippen molar-refractivity contribution in [3.8, 4) is 11.5 Å². The summed E-state index contributed by atoms with van der Waals surface area (Å²) in [6.07, 6.45) is 0. The fourth-order valence-electron chi connectivity index (χ4n) is 2.80. The molecule has 0 amide bonds. The Balaban J connectivity index is 0.00000338. The van der Waals surface area contributed by atoms with Crippen LogP contribution in [0.3, 0.4) is 0 Å². The van der Waals surface area contributed by atoms with Crippen LogP contribution in [0.15, 0.2) is 36.4 Å². The Morgan fingerprint density at radius 3 is 1.96 bits per heavy atom. The molecule has 2 rings (SSSR count). The molecule has 26 heavy (non-hydrogen) atoms. The minimum Gasteiger partial charge on any atom is -0.496 e. The van der Waals surface area contributed by atoms with Gasteiger partial charge < -0.3 is 9.47 Å². The Bertz CT molecular complexity index is 735. The summed E-state index contributed by atoms with van der Waals surface area (Å²) in [7, 11) is 3.19. The third-order valence-electron chi connectivity index (χ3n) is 4.27. The van der Waals surface area contributed by atoms with Crippen LogP contribution in [0.2, 0.25) is 0 Å². The molecule has 0 saturated carbocycles. The molecule has 0 spiro atoms. The van der Waals surface area contributed by atoms with E-state index in [9.17, 15) is 4.79 Å². The molecular weight excluding hydrogens is 338 g/mol. The van der Waals surface area contributed by atoms with Crippen molar-refractivity contribution in [2.75, 3.05) is 14.2 Å². The zero-order valence-electron chi connectivity index (χ0n) is 16.8. The molecule has 0 fully saturated rings. The van der Waals surface area contributed by atoms with Crippen LogP contribution < -0.4 is 33.6 Å². The summed E-state index contributed by atoms with van der Waals surface area (Å²) in [4.78, 5) is 13.1. The fourth-order valence-corrected chi connectivity index (χ4v) is 4.18. The third kappa shape index (κ3) is 5.14. The number of carbonyl (C=O) groups excluding carboxylic acids is 1. The van der Waals surface area contributed by atoms with Gasteiger partial charge in [0.1, 0.15) is 17.1 Å². The summed E-state index contributed by atoms with van der Waals surface area (Å²) < 4.78 is 10.8. The first-order chi connectivity index (χ1) is 11.9. The van der Waals surface area contributed by atoms with E-state index < -0.39 is 0 Å². The number of hydrogen-bond donors (Lipinski definition) is 0. The molecule has 2 aromatic carbocycles. The van der Waals surface area contributed by atoms with Crippen LogP contribution in [-0.2, 0) is 0 Å². The van der Waals surface area contributed by atoms with Gasteiger partial charge in [0, 0.05) is 0 Å². The maximum Gasteiger partial charge on any atom is 1.00 e. The monoisotopic (exact) mass is 365 g/mol. The Hall–Kier alpha value is -1.26. The van der Waals surface area contributed by atoms with E-state index in [0.29, 0.717) is 28.9 Å². The molecule has 0 saturated heterocycles. The normalized spacial score (nSPS) is 11.1. The number of hydrogen-bond acceptors (Lipinski definition) is 3. The van der Waals surface area contributed by atoms with Gasteiger partial charge in [-0.2, -0.15) is 0 Å². The summed E-state index contributed by atoms with van der Waals surface area (Å²) in [6, 6.07) is 11.9. The van der Waals surface area contributed by atoms with E-state index in [1.165, 1.54) is 11.1 Å². The van der Waals surface area contributed by atoms with E-state index in [1.807, 2.05) is 6.07 Å². The molecule has 0 N–H and O–H groups in total. The molecule has 0 aliphatic heterocycles. The van der Waals surface area contributed by atoms with Crippen molar-refractivity contribution in [1.82, 2.24) is 0 Å². The van der Waals surface area contributed by atoms with Crippen LogP contribution in [0, 0.1) is 0 Å². The van der Waals surface area contributed by atoms with Crippen LogP contribution in [0.4, 0.5) is 0 Å². The predicted molar refractivity (Wildman–Crippen MR) is 106 cm³/mol. The molecule has 0 bridgehead atoms. The molecule has 0 heterocycles. The van der Waals surface area contributed by atoms with Gasteiger partial charge in [0.15, 0.2) is 5.52 Å². The van der Waals surface area contributed by atoms with Crippen molar-refractivity contribution >= 4 is 19.4 Å². The first-order valence-electron chi connectivity index (χ1n) is 8.55. The zero-order chi connectivity index (χ0) is 18.6. The van der Waals surface area contributed by atoms with E-state index in [4.69, 9.17) is 9.47 Å². The average Bonchev–Trinajstić information content (AvgIpc) is 2.60. The number of methoxy groups -OCH3 is 2. The molecule has 3 nitrogen and oxygen atoms in total. The Morgan fingerprint density at radius 2 is 1.50 bits per heavy atom. The SMILES string of the molecule is COc1cccc(OC)c1C(=O)Pc1cc(C(C)C)ccc1C(C)C.[Li+]. The first-order valence-corrected chi connectivity index (χ1v) is 9.55. The first kappa shape index (κ1) is 22.8. The van der Waals surface area contributed by atoms with Gasteiger partial charge in [0.2, 0.25) is 0 Å². The van der Waals surface area contributed by atoms with Gasteiger partial charge in [-0.25, -0.2) is 0 Å². The van der Waals surface area contributed by atoms with Gasteiger partial charge in [0.05, 0.1) is 14.2 Å². The molecule has 1 unspecified atom stereocenters. The van der Waals surface area contributed by atoms with E-state index >= 15 is 0 Å². The average molecular weight is 365 g/mol. The molecule has 2 aromatic rings. The zero-order valence-corrected chi connectivity index (χ0v) is 17.8. The van der Waals surface area contributed by atoms with Gasteiger partial charge in [-0.05, 0) is 49.0 Å². The maximum atomic E-state index is 13.1. The summed E-state index contributed by atoms with van der Waals surface area (Å²) in [6.45, 7) is 8.66. The van der Waals surface area contributed by atoms with Gasteiger partial charge in [-0.1, -0.05) is 52.0 Å². The van der Waals surface area contributed by atoms with Crippen molar-refractivity contribution in [3.63, 3.8) is 0 Å². The van der Waals surface area contributed by atoms with Crippen molar-refractivity contribution in [1.29, 1.82) is 0 Å². The van der Waals surface area contributed by atoms with Crippen molar-refractivity contribution in [3.05, 3.63) is 53.1 Å². The quantitative estimate of drug-likeness (QED) is 0.557. The van der Waals surface area contributed by atoms with E-state index in [2.05, 4.69) is 45.9 Å². The molecular formula is C21H27LiO3P+. The molecule has 0 radical (unpaired) electrons. The number of benzene rings is 2. The van der Waals surface area contributed by atoms with Crippen LogP contribution in [0.1, 0.15) is 61.0 Å². The molecule has 5 heteroatoms. The third-order valence-corrected chi connectivity index (χ3v) is 5.45. The topological polar surface area (TPSA) is 35.5 Å². The van der Waals surface area contributed by atoms with Crippen LogP contribution in [-0.4, -0.2) is 19.7 Å². The van der Waals surface area contributed by atoms with Crippen LogP contribution in [0.5, 0.6) is 11.5 Å². The molecule has 1 atom stereocenters. The second kappa shape index (κ2) is 10.2. The summed E-state index contributed by atoms with van der Waals surface area (Å²) in [5.41, 5.74) is 3.05. The van der Waals surface area contributed by atoms with E-state index in [-0.39, 0.29) is 33.0 Å². The van der Waals surface area contributed by atoms with E-state index in [1.54, 1.807) is 26.4 Å². The number of carbonyl (C=O) groups is 1. The fraction of sp³-hybridized carbons (Fsp3) is 0.381. The van der Waals surface area contributed by atoms with Gasteiger partial charge >= 0.3 is 18.9 Å². The Labute approximate surface area is 170 Å². The molecule has 134 valence electrons. The van der Waals surface area contributed by atoms with Crippen LogP contribution >= 0.6 is 8.58 Å². The second-order valence-corrected chi connectivity index (χ2v) is 7.89. The van der Waals surface area contributed by atoms with Gasteiger partial charge in [-0.3, -0.25) is 4.79 Å². The van der Waals surface area contributed by atoms with Gasteiger partial charge in [0.25, 0.3) is 0 Å². The molecule has 0 aliphatic rings. The standard InChI is InChI=1S/C21H27O3P.Li/c1-13(2)15-10-11-16(14(3)4)19(12-15)25-21(22)20-17(23-5)8-7-9-18(20)24-6;/h7-14,25H,1-6H3;/q;+1. The van der Waals surface area contributed by atoms with Crippen LogP contribution in [0.25, 0.3) is 0 Å². The van der Waals surface area contributed by atoms with Crippen molar-refractivity contribution in [2.45, 2.75) is 39.5 Å². The maximum absolute atomic E-state index is 13.1. The summed E-state index contributed by atoms with van der Waals surface area (Å²) in [5.74, 6) is 1.92. The minimum absolute atomic E-state index is 0. The van der Waals surface area contributed by atoms with Gasteiger partial charge in [-0.15, -0.1) is 0 Å². The molecule has 0 aliphatic carbocycles. The number of ether oxygens (including phenoxy) is 2. The Morgan fingerprint density at radius 1 is 0.923 bits per heavy atom.